The smallest absolute Gasteiger partial charge is 0.252 e. The summed E-state index contributed by atoms with van der Waals surface area (Å²) >= 11 is 0. The number of rotatable bonds is 5. The Morgan fingerprint density at radius 3 is 2.75 bits per heavy atom. The van der Waals surface area contributed by atoms with Crippen LogP contribution in [0.15, 0.2) is 10.9 Å². The van der Waals surface area contributed by atoms with E-state index in [-0.39, 0.29) is 11.5 Å². The third-order valence-electron chi connectivity index (χ3n) is 4.03. The lowest BCUT2D eigenvalue weighted by atomic mass is 9.97. The summed E-state index contributed by atoms with van der Waals surface area (Å²) < 4.78 is 0. The number of H-pyrrole nitrogens is 1. The van der Waals surface area contributed by atoms with Crippen molar-refractivity contribution in [1.29, 1.82) is 0 Å². The summed E-state index contributed by atoms with van der Waals surface area (Å²) in [7, 11) is 0. The van der Waals surface area contributed by atoms with Gasteiger partial charge in [0.25, 0.3) is 5.56 Å². The molecule has 2 rings (SSSR count). The molecule has 0 aliphatic carbocycles. The van der Waals surface area contributed by atoms with E-state index in [1.54, 1.807) is 6.07 Å². The van der Waals surface area contributed by atoms with Gasteiger partial charge < -0.3 is 15.2 Å². The Morgan fingerprint density at radius 1 is 1.45 bits per heavy atom. The zero-order valence-corrected chi connectivity index (χ0v) is 12.8. The minimum Gasteiger partial charge on any atom is -0.370 e. The molecular weight excluding hydrogens is 252 g/mol. The van der Waals surface area contributed by atoms with E-state index in [2.05, 4.69) is 27.1 Å². The van der Waals surface area contributed by atoms with Crippen LogP contribution < -0.4 is 10.9 Å². The van der Waals surface area contributed by atoms with Crippen molar-refractivity contribution in [2.24, 2.45) is 5.92 Å². The second-order valence-electron chi connectivity index (χ2n) is 5.93. The Balaban J connectivity index is 1.89. The fraction of sp³-hybridized carbons (Fsp3) is 0.733. The maximum Gasteiger partial charge on any atom is 0.252 e. The van der Waals surface area contributed by atoms with Crippen molar-refractivity contribution in [2.45, 2.75) is 39.5 Å². The molecular formula is C15H26N4O. The largest absolute Gasteiger partial charge is 0.370 e. The molecule has 1 aliphatic rings. The van der Waals surface area contributed by atoms with E-state index in [0.29, 0.717) is 11.7 Å². The topological polar surface area (TPSA) is 61.0 Å². The van der Waals surface area contributed by atoms with Crippen LogP contribution in [-0.2, 0) is 0 Å². The van der Waals surface area contributed by atoms with Crippen LogP contribution in [0.5, 0.6) is 0 Å². The fourth-order valence-corrected chi connectivity index (χ4v) is 2.60. The van der Waals surface area contributed by atoms with Crippen molar-refractivity contribution in [2.75, 3.05) is 31.5 Å². The summed E-state index contributed by atoms with van der Waals surface area (Å²) in [5.74, 6) is 2.37. The Bertz CT molecular complexity index is 475. The normalized spacial score (nSPS) is 17.6. The minimum atomic E-state index is -0.0768. The highest BCUT2D eigenvalue weighted by Crippen LogP contribution is 2.17. The average molecular weight is 278 g/mol. The van der Waals surface area contributed by atoms with E-state index < -0.39 is 0 Å². The van der Waals surface area contributed by atoms with Gasteiger partial charge in [0, 0.05) is 18.5 Å². The Kier molecular flexibility index (Phi) is 5.17. The number of hydrogen-bond donors (Lipinski definition) is 2. The molecule has 2 N–H and O–H groups in total. The average Bonchev–Trinajstić information content (AvgIpc) is 2.45. The first-order chi connectivity index (χ1) is 9.58. The molecule has 112 valence electrons. The van der Waals surface area contributed by atoms with Crippen LogP contribution in [0.25, 0.3) is 0 Å². The molecule has 5 nitrogen and oxygen atoms in total. The maximum absolute atomic E-state index is 11.6. The Labute approximate surface area is 120 Å². The summed E-state index contributed by atoms with van der Waals surface area (Å²) in [5, 5.41) is 3.33. The maximum atomic E-state index is 11.6. The number of nitrogens with one attached hydrogen (secondary N) is 2. The number of piperidine rings is 1. The van der Waals surface area contributed by atoms with E-state index in [1.807, 2.05) is 13.8 Å². The molecule has 2 heterocycles. The van der Waals surface area contributed by atoms with Gasteiger partial charge in [-0.2, -0.15) is 0 Å². The number of likely N-dealkylation sites (tertiary alicyclic amines) is 1. The number of hydrogen-bond acceptors (Lipinski definition) is 4. The van der Waals surface area contributed by atoms with E-state index in [1.165, 1.54) is 25.9 Å². The van der Waals surface area contributed by atoms with Crippen LogP contribution in [0, 0.1) is 5.92 Å². The third kappa shape index (κ3) is 4.07. The van der Waals surface area contributed by atoms with Gasteiger partial charge in [-0.15, -0.1) is 0 Å². The molecule has 1 fully saturated rings. The second-order valence-corrected chi connectivity index (χ2v) is 5.93. The first-order valence-corrected chi connectivity index (χ1v) is 7.66. The highest BCUT2D eigenvalue weighted by atomic mass is 16.1. The lowest BCUT2D eigenvalue weighted by Gasteiger charge is -2.31. The first-order valence-electron chi connectivity index (χ1n) is 7.66. The molecule has 0 amide bonds. The third-order valence-corrected chi connectivity index (χ3v) is 4.03. The Hall–Kier alpha value is -1.36. The van der Waals surface area contributed by atoms with Crippen molar-refractivity contribution in [3.8, 4) is 0 Å². The second kappa shape index (κ2) is 6.88. The molecule has 1 aliphatic heterocycles. The van der Waals surface area contributed by atoms with E-state index in [9.17, 15) is 4.79 Å². The van der Waals surface area contributed by atoms with Gasteiger partial charge >= 0.3 is 0 Å². The van der Waals surface area contributed by atoms with Gasteiger partial charge in [0.2, 0.25) is 0 Å². The van der Waals surface area contributed by atoms with Crippen LogP contribution in [-0.4, -0.2) is 41.0 Å². The summed E-state index contributed by atoms with van der Waals surface area (Å²) in [6.45, 7) is 10.7. The van der Waals surface area contributed by atoms with Crippen molar-refractivity contribution >= 4 is 5.82 Å². The van der Waals surface area contributed by atoms with Crippen LogP contribution in [0.3, 0.4) is 0 Å². The van der Waals surface area contributed by atoms with Gasteiger partial charge in [-0.25, -0.2) is 4.98 Å². The van der Waals surface area contributed by atoms with Crippen LogP contribution in [0.1, 0.15) is 45.4 Å². The number of aromatic nitrogens is 2. The Morgan fingerprint density at radius 2 is 2.15 bits per heavy atom. The lowest BCUT2D eigenvalue weighted by molar-refractivity contribution is 0.198. The summed E-state index contributed by atoms with van der Waals surface area (Å²) in [6.07, 6.45) is 2.45. The van der Waals surface area contributed by atoms with Gasteiger partial charge in [0.1, 0.15) is 11.6 Å². The standard InChI is InChI=1S/C15H26N4O/c1-4-19-7-5-12(6-8-19)10-16-13-9-14(20)18-15(17-13)11(2)3/h9,11-12H,4-8,10H2,1-3H3,(H2,16,17,18,20). The number of aromatic amines is 1. The molecule has 0 bridgehead atoms. The molecule has 0 radical (unpaired) electrons. The molecule has 0 aromatic carbocycles. The van der Waals surface area contributed by atoms with Gasteiger partial charge in [0.15, 0.2) is 0 Å². The predicted molar refractivity (Wildman–Crippen MR) is 82.3 cm³/mol. The molecule has 20 heavy (non-hydrogen) atoms. The van der Waals surface area contributed by atoms with Crippen LogP contribution in [0.4, 0.5) is 5.82 Å². The molecule has 1 aromatic heterocycles. The number of anilines is 1. The van der Waals surface area contributed by atoms with Crippen molar-refractivity contribution in [3.05, 3.63) is 22.2 Å². The molecule has 0 unspecified atom stereocenters. The zero-order valence-electron chi connectivity index (χ0n) is 12.8. The minimum absolute atomic E-state index is 0.0768. The van der Waals surface area contributed by atoms with Crippen molar-refractivity contribution < 1.29 is 0 Å². The monoisotopic (exact) mass is 278 g/mol. The molecule has 0 spiro atoms. The highest BCUT2D eigenvalue weighted by molar-refractivity contribution is 5.33. The summed E-state index contributed by atoms with van der Waals surface area (Å²) in [4.78, 5) is 21.3. The number of nitrogens with zero attached hydrogens (tertiary/aromatic N) is 2. The molecule has 1 saturated heterocycles. The molecule has 0 saturated carbocycles. The zero-order chi connectivity index (χ0) is 14.5. The van der Waals surface area contributed by atoms with Gasteiger partial charge in [-0.1, -0.05) is 20.8 Å². The summed E-state index contributed by atoms with van der Waals surface area (Å²) in [5.41, 5.74) is -0.0768. The van der Waals surface area contributed by atoms with E-state index in [4.69, 9.17) is 0 Å². The van der Waals surface area contributed by atoms with Crippen LogP contribution >= 0.6 is 0 Å². The highest BCUT2D eigenvalue weighted by Gasteiger charge is 2.18. The van der Waals surface area contributed by atoms with E-state index in [0.717, 1.165) is 18.9 Å². The molecule has 0 atom stereocenters. The molecule has 5 heteroatoms. The van der Waals surface area contributed by atoms with E-state index >= 15 is 0 Å². The van der Waals surface area contributed by atoms with Gasteiger partial charge in [-0.05, 0) is 38.4 Å². The van der Waals surface area contributed by atoms with Crippen molar-refractivity contribution in [1.82, 2.24) is 14.9 Å². The van der Waals surface area contributed by atoms with Gasteiger partial charge in [-0.3, -0.25) is 4.79 Å². The quantitative estimate of drug-likeness (QED) is 0.865. The van der Waals surface area contributed by atoms with Crippen LogP contribution in [0.2, 0.25) is 0 Å². The van der Waals surface area contributed by atoms with Crippen molar-refractivity contribution in [3.63, 3.8) is 0 Å². The summed E-state index contributed by atoms with van der Waals surface area (Å²) in [6, 6.07) is 1.55. The fourth-order valence-electron chi connectivity index (χ4n) is 2.60. The van der Waals surface area contributed by atoms with Gasteiger partial charge in [0.05, 0.1) is 0 Å². The molecule has 1 aromatic rings. The first kappa shape index (κ1) is 15.0. The SMILES string of the molecule is CCN1CCC(CNc2cc(=O)[nH]c(C(C)C)n2)CC1. The predicted octanol–water partition coefficient (Wildman–Crippen LogP) is 2.04. The lowest BCUT2D eigenvalue weighted by Crippen LogP contribution is -2.35.